The fourth-order valence-corrected chi connectivity index (χ4v) is 2.54. The van der Waals surface area contributed by atoms with Crippen molar-refractivity contribution in [1.29, 1.82) is 0 Å². The molecule has 1 amide bonds. The Morgan fingerprint density at radius 2 is 1.96 bits per heavy atom. The molecule has 0 radical (unpaired) electrons. The van der Waals surface area contributed by atoms with Crippen LogP contribution in [0, 0.1) is 0 Å². The monoisotopic (exact) mass is 362 g/mol. The number of carbonyl (C=O) groups is 2. The van der Waals surface area contributed by atoms with Gasteiger partial charge >= 0.3 is 11.7 Å². The molecule has 140 valence electrons. The summed E-state index contributed by atoms with van der Waals surface area (Å²) in [5, 5.41) is 11.3. The highest BCUT2D eigenvalue weighted by molar-refractivity contribution is 6.06. The Hall–Kier alpha value is -2.97. The molecule has 9 heteroatoms. The minimum Gasteiger partial charge on any atom is -0.480 e. The average molecular weight is 362 g/mol. The van der Waals surface area contributed by atoms with Crippen molar-refractivity contribution in [3.05, 3.63) is 38.2 Å². The van der Waals surface area contributed by atoms with E-state index in [-0.39, 0.29) is 22.5 Å². The van der Waals surface area contributed by atoms with E-state index in [0.29, 0.717) is 18.7 Å². The fourth-order valence-electron chi connectivity index (χ4n) is 2.54. The van der Waals surface area contributed by atoms with Crippen molar-refractivity contribution >= 4 is 22.9 Å². The molecule has 0 aliphatic heterocycles. The average Bonchev–Trinajstić information content (AvgIpc) is 2.56. The van der Waals surface area contributed by atoms with E-state index in [0.717, 1.165) is 0 Å². The minimum atomic E-state index is -1.20. The Balaban J connectivity index is 2.82. The quantitative estimate of drug-likeness (QED) is 0.696. The van der Waals surface area contributed by atoms with Crippen LogP contribution < -0.4 is 16.6 Å². The maximum absolute atomic E-state index is 12.6. The van der Waals surface area contributed by atoms with Gasteiger partial charge in [0.05, 0.1) is 10.9 Å². The highest BCUT2D eigenvalue weighted by Gasteiger charge is 2.22. The molecule has 26 heavy (non-hydrogen) atoms. The first kappa shape index (κ1) is 19.4. The van der Waals surface area contributed by atoms with Crippen LogP contribution in [0.25, 0.3) is 11.0 Å². The maximum atomic E-state index is 12.6. The lowest BCUT2D eigenvalue weighted by Crippen LogP contribution is -2.39. The van der Waals surface area contributed by atoms with Crippen molar-refractivity contribution in [2.45, 2.75) is 52.6 Å². The third kappa shape index (κ3) is 3.66. The zero-order chi connectivity index (χ0) is 19.6. The second-order valence-corrected chi connectivity index (χ2v) is 6.39. The first-order valence-electron chi connectivity index (χ1n) is 8.38. The van der Waals surface area contributed by atoms with Crippen LogP contribution in [0.5, 0.6) is 0 Å². The van der Waals surface area contributed by atoms with Gasteiger partial charge in [-0.25, -0.2) is 9.78 Å². The second-order valence-electron chi connectivity index (χ2n) is 6.39. The van der Waals surface area contributed by atoms with Gasteiger partial charge in [-0.05, 0) is 25.3 Å². The molecule has 0 spiro atoms. The predicted molar refractivity (Wildman–Crippen MR) is 95.6 cm³/mol. The zero-order valence-corrected chi connectivity index (χ0v) is 15.1. The Kier molecular flexibility index (Phi) is 5.59. The molecule has 0 bridgehead atoms. The van der Waals surface area contributed by atoms with Gasteiger partial charge in [-0.15, -0.1) is 0 Å². The van der Waals surface area contributed by atoms with Crippen molar-refractivity contribution in [2.24, 2.45) is 0 Å². The normalized spacial score (nSPS) is 12.3. The number of amides is 1. The number of hydrogen-bond donors (Lipinski definition) is 3. The van der Waals surface area contributed by atoms with Gasteiger partial charge in [-0.3, -0.25) is 23.9 Å². The van der Waals surface area contributed by atoms with E-state index in [1.807, 2.05) is 20.8 Å². The second kappa shape index (κ2) is 7.51. The zero-order valence-electron chi connectivity index (χ0n) is 15.1. The Bertz CT molecular complexity index is 974. The van der Waals surface area contributed by atoms with Gasteiger partial charge in [-0.1, -0.05) is 20.8 Å². The predicted octanol–water partition coefficient (Wildman–Crippen LogP) is 0.821. The van der Waals surface area contributed by atoms with Gasteiger partial charge in [0.15, 0.2) is 5.65 Å². The van der Waals surface area contributed by atoms with E-state index < -0.39 is 29.2 Å². The lowest BCUT2D eigenvalue weighted by Gasteiger charge is -2.15. The lowest BCUT2D eigenvalue weighted by molar-refractivity contribution is -0.138. The minimum absolute atomic E-state index is 0.00194. The number of carboxylic acids is 1. The number of hydrogen-bond acceptors (Lipinski definition) is 5. The van der Waals surface area contributed by atoms with Gasteiger partial charge in [0, 0.05) is 12.2 Å². The molecule has 0 aliphatic rings. The highest BCUT2D eigenvalue weighted by Crippen LogP contribution is 2.20. The summed E-state index contributed by atoms with van der Waals surface area (Å²) in [6.45, 7) is 7.26. The Morgan fingerprint density at radius 1 is 1.31 bits per heavy atom. The molecule has 2 aromatic heterocycles. The molecule has 0 saturated carbocycles. The van der Waals surface area contributed by atoms with Crippen LogP contribution in [0.4, 0.5) is 0 Å². The van der Waals surface area contributed by atoms with E-state index >= 15 is 0 Å². The summed E-state index contributed by atoms with van der Waals surface area (Å²) < 4.78 is 1.32. The number of nitrogens with one attached hydrogen (secondary N) is 2. The fraction of sp³-hybridized carbons (Fsp3) is 0.471. The lowest BCUT2D eigenvalue weighted by atomic mass is 10.0. The third-order valence-electron chi connectivity index (χ3n) is 3.97. The molecule has 0 aliphatic carbocycles. The van der Waals surface area contributed by atoms with Gasteiger partial charge < -0.3 is 10.4 Å². The van der Waals surface area contributed by atoms with E-state index in [2.05, 4.69) is 15.3 Å². The number of aliphatic carboxylic acids is 1. The molecule has 0 unspecified atom stereocenters. The first-order chi connectivity index (χ1) is 12.2. The van der Waals surface area contributed by atoms with Gasteiger partial charge in [-0.2, -0.15) is 0 Å². The number of carbonyl (C=O) groups excluding carboxylic acids is 1. The van der Waals surface area contributed by atoms with Crippen LogP contribution in [-0.4, -0.2) is 37.6 Å². The first-order valence-corrected chi connectivity index (χ1v) is 8.38. The van der Waals surface area contributed by atoms with E-state index in [1.54, 1.807) is 0 Å². The highest BCUT2D eigenvalue weighted by atomic mass is 16.4. The van der Waals surface area contributed by atoms with Gasteiger partial charge in [0.25, 0.3) is 11.5 Å². The van der Waals surface area contributed by atoms with Crippen LogP contribution in [0.15, 0.2) is 15.7 Å². The molecule has 0 aromatic carbocycles. The summed E-state index contributed by atoms with van der Waals surface area (Å²) in [5.41, 5.74) is -0.672. The summed E-state index contributed by atoms with van der Waals surface area (Å²) in [5.74, 6) is -1.97. The van der Waals surface area contributed by atoms with E-state index in [4.69, 9.17) is 5.11 Å². The van der Waals surface area contributed by atoms with Gasteiger partial charge in [0.1, 0.15) is 6.04 Å². The summed E-state index contributed by atoms with van der Waals surface area (Å²) in [7, 11) is 0. The Morgan fingerprint density at radius 3 is 2.50 bits per heavy atom. The smallest absolute Gasteiger partial charge is 0.329 e. The number of aromatic amines is 1. The molecule has 9 nitrogen and oxygen atoms in total. The molecule has 1 atom stereocenters. The number of fused-ring (bicyclic) bond motifs is 1. The topological polar surface area (TPSA) is 134 Å². The SMILES string of the molecule is CCCn1c(=O)[nH]c(=O)c2c(C(=O)N[C@@H](C)C(=O)O)cc(C(C)C)nc21. The number of aromatic nitrogens is 3. The molecule has 2 heterocycles. The van der Waals surface area contributed by atoms with Crippen molar-refractivity contribution in [3.63, 3.8) is 0 Å². The molecule has 3 N–H and O–H groups in total. The van der Waals surface area contributed by atoms with Crippen molar-refractivity contribution in [1.82, 2.24) is 19.9 Å². The number of H-pyrrole nitrogens is 1. The van der Waals surface area contributed by atoms with Crippen LogP contribution in [0.1, 0.15) is 56.1 Å². The molecular weight excluding hydrogens is 340 g/mol. The maximum Gasteiger partial charge on any atom is 0.329 e. The number of carboxylic acid groups (broad SMARTS) is 1. The molecular formula is C17H22N4O5. The van der Waals surface area contributed by atoms with E-state index in [9.17, 15) is 19.2 Å². The van der Waals surface area contributed by atoms with Crippen LogP contribution in [-0.2, 0) is 11.3 Å². The van der Waals surface area contributed by atoms with Crippen LogP contribution in [0.3, 0.4) is 0 Å². The van der Waals surface area contributed by atoms with E-state index in [1.165, 1.54) is 17.6 Å². The number of rotatable bonds is 6. The molecule has 0 fully saturated rings. The van der Waals surface area contributed by atoms with Crippen LogP contribution >= 0.6 is 0 Å². The Labute approximate surface area is 149 Å². The van der Waals surface area contributed by atoms with Crippen molar-refractivity contribution in [2.75, 3.05) is 0 Å². The molecule has 2 rings (SSSR count). The largest absolute Gasteiger partial charge is 0.480 e. The summed E-state index contributed by atoms with van der Waals surface area (Å²) in [6, 6.07) is 0.334. The number of pyridine rings is 1. The summed E-state index contributed by atoms with van der Waals surface area (Å²) >= 11 is 0. The number of aryl methyl sites for hydroxylation is 1. The third-order valence-corrected chi connectivity index (χ3v) is 3.97. The van der Waals surface area contributed by atoms with Crippen LogP contribution in [0.2, 0.25) is 0 Å². The van der Waals surface area contributed by atoms with Crippen molar-refractivity contribution in [3.8, 4) is 0 Å². The molecule has 0 saturated heterocycles. The van der Waals surface area contributed by atoms with Gasteiger partial charge in [0.2, 0.25) is 0 Å². The molecule has 2 aromatic rings. The number of nitrogens with zero attached hydrogens (tertiary/aromatic N) is 2. The summed E-state index contributed by atoms with van der Waals surface area (Å²) in [4.78, 5) is 54.8. The van der Waals surface area contributed by atoms with Crippen molar-refractivity contribution < 1.29 is 14.7 Å². The standard InChI is InChI=1S/C17H22N4O5/c1-5-6-21-13-12(15(23)20-17(21)26)10(7-11(19-13)8(2)3)14(22)18-9(4)16(24)25/h7-9H,5-6H2,1-4H3,(H,18,22)(H,24,25)(H,20,23,26)/t9-/m0/s1. The summed E-state index contributed by atoms with van der Waals surface area (Å²) in [6.07, 6.45) is 0.631.